The molecule has 1 heterocycles. The molecule has 0 N–H and O–H groups in total. The average molecular weight is 220 g/mol. The number of hydrogen-bond donors (Lipinski definition) is 0. The molecule has 2 fully saturated rings. The maximum absolute atomic E-state index is 11.8. The molecule has 0 aromatic heterocycles. The average Bonchev–Trinajstić information content (AvgIpc) is 2.79. The van der Waals surface area contributed by atoms with Crippen molar-refractivity contribution in [2.75, 3.05) is 0 Å². The Balaban J connectivity index is 2.30. The van der Waals surface area contributed by atoms with Crippen LogP contribution in [0, 0.1) is 17.8 Å². The smallest absolute Gasteiger partial charge is 0.309 e. The summed E-state index contributed by atoms with van der Waals surface area (Å²) in [5.41, 5.74) is -0.318. The fourth-order valence-electron chi connectivity index (χ4n) is 3.30. The van der Waals surface area contributed by atoms with Gasteiger partial charge in [-0.15, -0.1) is 13.2 Å². The molecule has 0 radical (unpaired) electrons. The van der Waals surface area contributed by atoms with E-state index >= 15 is 0 Å². The van der Waals surface area contributed by atoms with Crippen molar-refractivity contribution in [3.8, 4) is 0 Å². The van der Waals surface area contributed by atoms with Gasteiger partial charge in [0.05, 0.1) is 5.92 Å². The first-order chi connectivity index (χ1) is 7.67. The van der Waals surface area contributed by atoms with Crippen molar-refractivity contribution in [2.24, 2.45) is 17.8 Å². The number of carbonyl (C=O) groups is 1. The number of esters is 1. The molecule has 1 spiro atoms. The third kappa shape index (κ3) is 1.43. The summed E-state index contributed by atoms with van der Waals surface area (Å²) >= 11 is 0. The molecule has 16 heavy (non-hydrogen) atoms. The molecule has 1 saturated carbocycles. The standard InChI is InChI=1S/C14H20O2/c1-4-10-9-14(16-13(10)15)11(5-2)7-8-12(14)6-3/h5-6,10-12H,2-4,7-9H2,1H3/t10-,11+,12+/m1/s1. The Morgan fingerprint density at radius 2 is 1.94 bits per heavy atom. The zero-order valence-electron chi connectivity index (χ0n) is 9.95. The van der Waals surface area contributed by atoms with Crippen LogP contribution in [-0.2, 0) is 9.53 Å². The molecule has 0 amide bonds. The first kappa shape index (κ1) is 11.4. The summed E-state index contributed by atoms with van der Waals surface area (Å²) in [6, 6.07) is 0. The van der Waals surface area contributed by atoms with Gasteiger partial charge in [0.25, 0.3) is 0 Å². The predicted molar refractivity (Wildman–Crippen MR) is 63.8 cm³/mol. The molecule has 2 nitrogen and oxygen atoms in total. The molecule has 1 aliphatic heterocycles. The van der Waals surface area contributed by atoms with Crippen LogP contribution in [0.15, 0.2) is 25.3 Å². The normalized spacial score (nSPS) is 36.3. The van der Waals surface area contributed by atoms with Gasteiger partial charge in [-0.2, -0.15) is 0 Å². The van der Waals surface area contributed by atoms with E-state index in [9.17, 15) is 4.79 Å². The molecular formula is C14H20O2. The molecule has 0 unspecified atom stereocenters. The molecule has 3 atom stereocenters. The van der Waals surface area contributed by atoms with E-state index < -0.39 is 0 Å². The van der Waals surface area contributed by atoms with Gasteiger partial charge in [-0.25, -0.2) is 0 Å². The van der Waals surface area contributed by atoms with Gasteiger partial charge in [0.2, 0.25) is 0 Å². The highest BCUT2D eigenvalue weighted by Crippen LogP contribution is 2.52. The van der Waals surface area contributed by atoms with Gasteiger partial charge in [-0.3, -0.25) is 4.79 Å². The summed E-state index contributed by atoms with van der Waals surface area (Å²) in [7, 11) is 0. The van der Waals surface area contributed by atoms with Gasteiger partial charge in [0, 0.05) is 18.3 Å². The third-order valence-electron chi connectivity index (χ3n) is 4.30. The molecule has 0 aromatic rings. The van der Waals surface area contributed by atoms with Crippen molar-refractivity contribution < 1.29 is 9.53 Å². The molecule has 0 bridgehead atoms. The van der Waals surface area contributed by atoms with Crippen LogP contribution in [0.3, 0.4) is 0 Å². The molecule has 1 aliphatic carbocycles. The van der Waals surface area contributed by atoms with Crippen molar-refractivity contribution in [3.63, 3.8) is 0 Å². The van der Waals surface area contributed by atoms with E-state index in [-0.39, 0.29) is 17.5 Å². The second kappa shape index (κ2) is 4.08. The third-order valence-corrected chi connectivity index (χ3v) is 4.30. The van der Waals surface area contributed by atoms with E-state index in [0.717, 1.165) is 25.7 Å². The lowest BCUT2D eigenvalue weighted by atomic mass is 9.79. The van der Waals surface area contributed by atoms with Gasteiger partial charge in [0.1, 0.15) is 5.60 Å². The number of ether oxygens (including phenoxy) is 1. The minimum Gasteiger partial charge on any atom is -0.458 e. The van der Waals surface area contributed by atoms with Crippen molar-refractivity contribution in [3.05, 3.63) is 25.3 Å². The first-order valence-electron chi connectivity index (χ1n) is 6.16. The minimum atomic E-state index is -0.318. The van der Waals surface area contributed by atoms with E-state index in [1.54, 1.807) is 0 Å². The summed E-state index contributed by atoms with van der Waals surface area (Å²) in [5.74, 6) is 0.651. The molecular weight excluding hydrogens is 200 g/mol. The topological polar surface area (TPSA) is 26.3 Å². The van der Waals surface area contributed by atoms with Crippen LogP contribution in [0.4, 0.5) is 0 Å². The minimum absolute atomic E-state index is 0.0249. The number of carbonyl (C=O) groups excluding carboxylic acids is 1. The summed E-state index contributed by atoms with van der Waals surface area (Å²) in [6.45, 7) is 9.81. The fraction of sp³-hybridized carbons (Fsp3) is 0.643. The Bertz CT molecular complexity index is 303. The Kier molecular flexibility index (Phi) is 2.92. The van der Waals surface area contributed by atoms with Crippen LogP contribution in [0.5, 0.6) is 0 Å². The molecule has 1 saturated heterocycles. The monoisotopic (exact) mass is 220 g/mol. The molecule has 2 heteroatoms. The summed E-state index contributed by atoms with van der Waals surface area (Å²) < 4.78 is 5.74. The van der Waals surface area contributed by atoms with Crippen LogP contribution in [-0.4, -0.2) is 11.6 Å². The second-order valence-corrected chi connectivity index (χ2v) is 4.95. The predicted octanol–water partition coefficient (Wildman–Crippen LogP) is 3.10. The lowest BCUT2D eigenvalue weighted by Crippen LogP contribution is -2.38. The van der Waals surface area contributed by atoms with Gasteiger partial charge in [-0.1, -0.05) is 19.1 Å². The van der Waals surface area contributed by atoms with Crippen LogP contribution in [0.1, 0.15) is 32.6 Å². The van der Waals surface area contributed by atoms with Crippen LogP contribution >= 0.6 is 0 Å². The molecule has 2 rings (SSSR count). The SMILES string of the molecule is C=C[C@H]1CC[C@H](C=C)C12C[C@@H](CC)C(=O)O2. The highest BCUT2D eigenvalue weighted by atomic mass is 16.6. The van der Waals surface area contributed by atoms with Crippen LogP contribution < -0.4 is 0 Å². The van der Waals surface area contributed by atoms with E-state index in [1.807, 2.05) is 19.1 Å². The fourth-order valence-corrected chi connectivity index (χ4v) is 3.30. The van der Waals surface area contributed by atoms with E-state index in [2.05, 4.69) is 13.2 Å². The summed E-state index contributed by atoms with van der Waals surface area (Å²) in [6.07, 6.45) is 7.74. The van der Waals surface area contributed by atoms with Gasteiger partial charge < -0.3 is 4.74 Å². The first-order valence-corrected chi connectivity index (χ1v) is 6.16. The lowest BCUT2D eigenvalue weighted by molar-refractivity contribution is -0.154. The quantitative estimate of drug-likeness (QED) is 0.539. The van der Waals surface area contributed by atoms with Crippen LogP contribution in [0.2, 0.25) is 0 Å². The second-order valence-electron chi connectivity index (χ2n) is 4.95. The Hall–Kier alpha value is -1.05. The van der Waals surface area contributed by atoms with Crippen molar-refractivity contribution >= 4 is 5.97 Å². The summed E-state index contributed by atoms with van der Waals surface area (Å²) in [4.78, 5) is 11.8. The Morgan fingerprint density at radius 3 is 2.31 bits per heavy atom. The molecule has 88 valence electrons. The Labute approximate surface area is 97.4 Å². The van der Waals surface area contributed by atoms with Gasteiger partial charge in [-0.05, 0) is 19.3 Å². The lowest BCUT2D eigenvalue weighted by Gasteiger charge is -2.32. The van der Waals surface area contributed by atoms with E-state index in [1.165, 1.54) is 0 Å². The maximum Gasteiger partial charge on any atom is 0.309 e. The van der Waals surface area contributed by atoms with Crippen molar-refractivity contribution in [1.82, 2.24) is 0 Å². The molecule has 0 aromatic carbocycles. The van der Waals surface area contributed by atoms with E-state index in [0.29, 0.717) is 11.8 Å². The van der Waals surface area contributed by atoms with Crippen LogP contribution in [0.25, 0.3) is 0 Å². The van der Waals surface area contributed by atoms with E-state index in [4.69, 9.17) is 4.74 Å². The van der Waals surface area contributed by atoms with Crippen molar-refractivity contribution in [2.45, 2.75) is 38.2 Å². The largest absolute Gasteiger partial charge is 0.458 e. The highest BCUT2D eigenvalue weighted by molar-refractivity contribution is 5.75. The van der Waals surface area contributed by atoms with Gasteiger partial charge in [0.15, 0.2) is 0 Å². The zero-order valence-corrected chi connectivity index (χ0v) is 9.95. The van der Waals surface area contributed by atoms with Crippen molar-refractivity contribution in [1.29, 1.82) is 0 Å². The number of rotatable bonds is 3. The Morgan fingerprint density at radius 1 is 1.38 bits per heavy atom. The zero-order chi connectivity index (χ0) is 11.8. The summed E-state index contributed by atoms with van der Waals surface area (Å²) in [5, 5.41) is 0. The number of hydrogen-bond acceptors (Lipinski definition) is 2. The van der Waals surface area contributed by atoms with Gasteiger partial charge >= 0.3 is 5.97 Å². The molecule has 2 aliphatic rings. The maximum atomic E-state index is 11.8. The highest BCUT2D eigenvalue weighted by Gasteiger charge is 2.56.